The van der Waals surface area contributed by atoms with Crippen LogP contribution >= 0.6 is 11.8 Å². The van der Waals surface area contributed by atoms with E-state index in [1.807, 2.05) is 42.5 Å². The molecule has 0 fully saturated rings. The molecule has 0 saturated carbocycles. The SMILES string of the molecule is O=C(COC(=O)CCSc1ccccc1)NC1CCCc2ccccc21. The van der Waals surface area contributed by atoms with E-state index < -0.39 is 0 Å². The molecule has 1 aliphatic carbocycles. The van der Waals surface area contributed by atoms with E-state index in [9.17, 15) is 9.59 Å². The van der Waals surface area contributed by atoms with Crippen LogP contribution in [0, 0.1) is 0 Å². The molecule has 2 aromatic rings. The Kier molecular flexibility index (Phi) is 6.72. The van der Waals surface area contributed by atoms with Crippen molar-refractivity contribution in [3.8, 4) is 0 Å². The van der Waals surface area contributed by atoms with Crippen molar-refractivity contribution in [3.05, 3.63) is 65.7 Å². The standard InChI is InChI=1S/C21H23NO3S/c23-20(22-19-12-6-8-16-7-4-5-11-18(16)19)15-25-21(24)13-14-26-17-9-2-1-3-10-17/h1-5,7,9-11,19H,6,8,12-15H2,(H,22,23). The molecule has 0 aromatic heterocycles. The van der Waals surface area contributed by atoms with Crippen molar-refractivity contribution < 1.29 is 14.3 Å². The summed E-state index contributed by atoms with van der Waals surface area (Å²) in [4.78, 5) is 25.1. The van der Waals surface area contributed by atoms with Gasteiger partial charge in [-0.25, -0.2) is 0 Å². The fourth-order valence-corrected chi connectivity index (χ4v) is 3.98. The molecule has 136 valence electrons. The van der Waals surface area contributed by atoms with Crippen molar-refractivity contribution in [2.24, 2.45) is 0 Å². The maximum absolute atomic E-state index is 12.1. The quantitative estimate of drug-likeness (QED) is 0.594. The molecule has 0 radical (unpaired) electrons. The third-order valence-electron chi connectivity index (χ3n) is 4.39. The van der Waals surface area contributed by atoms with Crippen LogP contribution in [-0.4, -0.2) is 24.2 Å². The predicted molar refractivity (Wildman–Crippen MR) is 103 cm³/mol. The van der Waals surface area contributed by atoms with Crippen LogP contribution in [0.1, 0.15) is 36.4 Å². The number of thioether (sulfide) groups is 1. The van der Waals surface area contributed by atoms with Gasteiger partial charge < -0.3 is 10.1 Å². The molecule has 0 heterocycles. The Hall–Kier alpha value is -2.27. The highest BCUT2D eigenvalue weighted by molar-refractivity contribution is 7.99. The van der Waals surface area contributed by atoms with E-state index in [0.717, 1.165) is 24.2 Å². The fraction of sp³-hybridized carbons (Fsp3) is 0.333. The van der Waals surface area contributed by atoms with Crippen LogP contribution in [0.25, 0.3) is 0 Å². The van der Waals surface area contributed by atoms with E-state index in [-0.39, 0.29) is 24.5 Å². The first-order valence-corrected chi connectivity index (χ1v) is 9.91. The summed E-state index contributed by atoms with van der Waals surface area (Å²) >= 11 is 1.60. The summed E-state index contributed by atoms with van der Waals surface area (Å²) in [5.74, 6) is 0.0592. The number of fused-ring (bicyclic) bond motifs is 1. The van der Waals surface area contributed by atoms with E-state index >= 15 is 0 Å². The first-order chi connectivity index (χ1) is 12.7. The molecule has 0 bridgehead atoms. The van der Waals surface area contributed by atoms with Gasteiger partial charge in [0, 0.05) is 10.6 Å². The second-order valence-electron chi connectivity index (χ2n) is 6.28. The molecule has 0 spiro atoms. The highest BCUT2D eigenvalue weighted by Gasteiger charge is 2.21. The van der Waals surface area contributed by atoms with Crippen LogP contribution in [-0.2, 0) is 20.7 Å². The van der Waals surface area contributed by atoms with Crippen molar-refractivity contribution in [1.29, 1.82) is 0 Å². The van der Waals surface area contributed by atoms with Crippen molar-refractivity contribution in [2.75, 3.05) is 12.4 Å². The molecule has 5 heteroatoms. The van der Waals surface area contributed by atoms with E-state index in [1.54, 1.807) is 11.8 Å². The molecule has 0 aliphatic heterocycles. The van der Waals surface area contributed by atoms with Gasteiger partial charge in [0.2, 0.25) is 0 Å². The van der Waals surface area contributed by atoms with Crippen molar-refractivity contribution in [1.82, 2.24) is 5.32 Å². The van der Waals surface area contributed by atoms with Gasteiger partial charge in [-0.05, 0) is 42.5 Å². The zero-order chi connectivity index (χ0) is 18.2. The maximum atomic E-state index is 12.1. The van der Waals surface area contributed by atoms with Crippen LogP contribution in [0.15, 0.2) is 59.5 Å². The minimum Gasteiger partial charge on any atom is -0.456 e. The lowest BCUT2D eigenvalue weighted by Gasteiger charge is -2.26. The van der Waals surface area contributed by atoms with Gasteiger partial charge in [-0.1, -0.05) is 42.5 Å². The van der Waals surface area contributed by atoms with Crippen LogP contribution < -0.4 is 5.32 Å². The molecule has 26 heavy (non-hydrogen) atoms. The smallest absolute Gasteiger partial charge is 0.307 e. The zero-order valence-corrected chi connectivity index (χ0v) is 15.5. The lowest BCUT2D eigenvalue weighted by Crippen LogP contribution is -2.34. The van der Waals surface area contributed by atoms with Crippen molar-refractivity contribution in [2.45, 2.75) is 36.6 Å². The molecule has 1 N–H and O–H groups in total. The minimum absolute atomic E-state index is 0.0137. The molecule has 1 unspecified atom stereocenters. The second-order valence-corrected chi connectivity index (χ2v) is 7.45. The minimum atomic E-state index is -0.340. The molecule has 1 atom stereocenters. The number of rotatable bonds is 7. The molecular formula is C21H23NO3S. The number of amides is 1. The van der Waals surface area contributed by atoms with E-state index in [1.165, 1.54) is 11.1 Å². The third kappa shape index (κ3) is 5.36. The number of hydrogen-bond donors (Lipinski definition) is 1. The molecule has 1 aliphatic rings. The lowest BCUT2D eigenvalue weighted by molar-refractivity contribution is -0.148. The van der Waals surface area contributed by atoms with Crippen LogP contribution in [0.4, 0.5) is 0 Å². The summed E-state index contributed by atoms with van der Waals surface area (Å²) in [7, 11) is 0. The van der Waals surface area contributed by atoms with Crippen LogP contribution in [0.2, 0.25) is 0 Å². The summed E-state index contributed by atoms with van der Waals surface area (Å²) in [6, 6.07) is 18.1. The Morgan fingerprint density at radius 2 is 1.85 bits per heavy atom. The van der Waals surface area contributed by atoms with Crippen molar-refractivity contribution >= 4 is 23.6 Å². The Balaban J connectivity index is 1.38. The van der Waals surface area contributed by atoms with Gasteiger partial charge in [0.25, 0.3) is 5.91 Å². The number of aryl methyl sites for hydroxylation is 1. The molecule has 3 rings (SSSR count). The lowest BCUT2D eigenvalue weighted by atomic mass is 9.88. The largest absolute Gasteiger partial charge is 0.456 e. The average molecular weight is 369 g/mol. The second kappa shape index (κ2) is 9.43. The van der Waals surface area contributed by atoms with Crippen LogP contribution in [0.3, 0.4) is 0 Å². The normalized spacial score (nSPS) is 15.8. The van der Waals surface area contributed by atoms with Gasteiger partial charge in [-0.2, -0.15) is 0 Å². The van der Waals surface area contributed by atoms with Gasteiger partial charge >= 0.3 is 5.97 Å². The number of carbonyl (C=O) groups excluding carboxylic acids is 2. The molecular weight excluding hydrogens is 346 g/mol. The number of nitrogens with one attached hydrogen (secondary N) is 1. The summed E-state index contributed by atoms with van der Waals surface area (Å²) in [6.07, 6.45) is 3.32. The first-order valence-electron chi connectivity index (χ1n) is 8.93. The third-order valence-corrected chi connectivity index (χ3v) is 5.40. The Morgan fingerprint density at radius 3 is 2.69 bits per heavy atom. The molecule has 1 amide bonds. The highest BCUT2D eigenvalue weighted by atomic mass is 32.2. The number of ether oxygens (including phenoxy) is 1. The summed E-state index contributed by atoms with van der Waals surface area (Å²) in [6.45, 7) is -0.215. The number of esters is 1. The molecule has 2 aromatic carbocycles. The topological polar surface area (TPSA) is 55.4 Å². The van der Waals surface area contributed by atoms with Gasteiger partial charge in [-0.3, -0.25) is 9.59 Å². The van der Waals surface area contributed by atoms with Gasteiger partial charge in [0.1, 0.15) is 0 Å². The number of carbonyl (C=O) groups is 2. The maximum Gasteiger partial charge on any atom is 0.307 e. The van der Waals surface area contributed by atoms with E-state index in [2.05, 4.69) is 17.4 Å². The average Bonchev–Trinajstić information content (AvgIpc) is 2.67. The Bertz CT molecular complexity index is 748. The number of benzene rings is 2. The molecule has 4 nitrogen and oxygen atoms in total. The Morgan fingerprint density at radius 1 is 1.08 bits per heavy atom. The highest BCUT2D eigenvalue weighted by Crippen LogP contribution is 2.29. The van der Waals surface area contributed by atoms with Gasteiger partial charge in [-0.15, -0.1) is 11.8 Å². The van der Waals surface area contributed by atoms with E-state index in [0.29, 0.717) is 12.2 Å². The first kappa shape index (κ1) is 18.5. The van der Waals surface area contributed by atoms with E-state index in [4.69, 9.17) is 4.74 Å². The number of hydrogen-bond acceptors (Lipinski definition) is 4. The van der Waals surface area contributed by atoms with Gasteiger partial charge in [0.15, 0.2) is 6.61 Å². The fourth-order valence-electron chi connectivity index (χ4n) is 3.13. The summed E-state index contributed by atoms with van der Waals surface area (Å²) in [5.41, 5.74) is 2.47. The summed E-state index contributed by atoms with van der Waals surface area (Å²) in [5, 5.41) is 2.99. The zero-order valence-electron chi connectivity index (χ0n) is 14.6. The molecule has 0 saturated heterocycles. The van der Waals surface area contributed by atoms with Crippen LogP contribution in [0.5, 0.6) is 0 Å². The summed E-state index contributed by atoms with van der Waals surface area (Å²) < 4.78 is 5.11. The Labute approximate surface area is 158 Å². The predicted octanol–water partition coefficient (Wildman–Crippen LogP) is 3.91. The van der Waals surface area contributed by atoms with Gasteiger partial charge in [0.05, 0.1) is 12.5 Å². The monoisotopic (exact) mass is 369 g/mol. The van der Waals surface area contributed by atoms with Crippen molar-refractivity contribution in [3.63, 3.8) is 0 Å².